The lowest BCUT2D eigenvalue weighted by Crippen LogP contribution is -1.91. The SMILES string of the molecule is [2H]c1c([2H])c([2H])c(-c2ccc3oc4cccc(-c5c6c([2H])c([2H])c([2H])c([2H])c6c(-c6ccccc6)c6c([2H])c([2H])c([2H])c([2H])c56)c4c3c2)c([2H])c1[2H].[2H]c1c([2H])c([2H])c2c(-c3cccc4oc5cc(-c6ccccc6)ccc5c34)c3c([2H])c([2H])c([2H])c([2H])c3c(-c3ccccc3)c2c1[2H].[2H]c1c([2H])c([2H])c2c(-c3cccc4oc5cccc(-c6ccccc6)c5c34)c3c([2H])c([2H])c([2H])c([2H])c3c(-c3ccccc3)c2c1[2H]. The van der Waals surface area contributed by atoms with E-state index in [1.54, 1.807) is 127 Å². The Morgan fingerprint density at radius 2 is 0.427 bits per heavy atom. The van der Waals surface area contributed by atoms with Crippen LogP contribution in [0.2, 0.25) is 0 Å². The minimum Gasteiger partial charge on any atom is -0.456 e. The van der Waals surface area contributed by atoms with Crippen molar-refractivity contribution in [2.45, 2.75) is 0 Å². The minimum atomic E-state index is -0.525. The van der Waals surface area contributed by atoms with Gasteiger partial charge in [-0.3, -0.25) is 0 Å². The fourth-order valence-electron chi connectivity index (χ4n) is 16.7. The fourth-order valence-corrected chi connectivity index (χ4v) is 16.7. The van der Waals surface area contributed by atoms with E-state index in [4.69, 9.17) is 42.0 Å². The molecule has 3 nitrogen and oxygen atoms in total. The average Bonchev–Trinajstić information content (AvgIpc) is 0.904. The molecule has 0 aliphatic carbocycles. The van der Waals surface area contributed by atoms with Crippen molar-refractivity contribution in [3.05, 3.63) is 436 Å². The van der Waals surface area contributed by atoms with Crippen LogP contribution in [0.5, 0.6) is 0 Å². The maximum absolute atomic E-state index is 9.27. The number of fused-ring (bicyclic) bond motifs is 15. The Kier molecular flexibility index (Phi) is 11.1. The van der Waals surface area contributed by atoms with Crippen LogP contribution in [0.15, 0.2) is 449 Å². The second-order valence-corrected chi connectivity index (χ2v) is 28.0. The van der Waals surface area contributed by atoms with Crippen LogP contribution in [0, 0.1) is 0 Å². The summed E-state index contributed by atoms with van der Waals surface area (Å²) in [7, 11) is 0. The molecule has 3 aromatic heterocycles. The Morgan fingerprint density at radius 3 is 0.821 bits per heavy atom. The summed E-state index contributed by atoms with van der Waals surface area (Å²) in [4.78, 5) is 0. The summed E-state index contributed by atoms with van der Waals surface area (Å²) in [6.07, 6.45) is 0. The Labute approximate surface area is 716 Å². The van der Waals surface area contributed by atoms with Gasteiger partial charge in [0.05, 0.1) is 39.8 Å². The molecule has 0 aliphatic heterocycles. The molecule has 0 saturated carbocycles. The van der Waals surface area contributed by atoms with Crippen LogP contribution >= 0.6 is 0 Å². The van der Waals surface area contributed by atoms with Crippen LogP contribution < -0.4 is 0 Å². The minimum absolute atomic E-state index is 0.0222. The summed E-state index contributed by atoms with van der Waals surface area (Å²) < 4.78 is 275. The van der Waals surface area contributed by atoms with Crippen molar-refractivity contribution in [1.29, 1.82) is 0 Å². The largest absolute Gasteiger partial charge is 0.456 e. The molecule has 24 rings (SSSR count). The van der Waals surface area contributed by atoms with E-state index in [-0.39, 0.29) is 154 Å². The molecule has 0 unspecified atom stereocenters. The third-order valence-electron chi connectivity index (χ3n) is 21.6. The smallest absolute Gasteiger partial charge is 0.136 e. The maximum Gasteiger partial charge on any atom is 0.136 e. The Hall–Kier alpha value is -15.4. The first-order valence-corrected chi connectivity index (χ1v) is 37.7. The van der Waals surface area contributed by atoms with Gasteiger partial charge in [-0.25, -0.2) is 0 Å². The van der Waals surface area contributed by atoms with Crippen molar-refractivity contribution in [3.8, 4) is 100 Å². The highest BCUT2D eigenvalue weighted by Crippen LogP contribution is 2.52. The molecule has 0 atom stereocenters. The number of hydrogen-bond donors (Lipinski definition) is 0. The van der Waals surface area contributed by atoms with Crippen molar-refractivity contribution < 1.29 is 53.0 Å². The van der Waals surface area contributed by atoms with Crippen molar-refractivity contribution in [2.24, 2.45) is 0 Å². The molecule has 21 aromatic carbocycles. The van der Waals surface area contributed by atoms with Gasteiger partial charge in [0.25, 0.3) is 0 Å². The van der Waals surface area contributed by atoms with Gasteiger partial charge in [0.15, 0.2) is 0 Å². The monoisotopic (exact) mass is 1520 g/mol. The number of rotatable bonds is 9. The third-order valence-corrected chi connectivity index (χ3v) is 21.6. The molecular formula is C114H72O3. The Bertz CT molecular complexity index is 9570. The van der Waals surface area contributed by atoms with Gasteiger partial charge in [0.2, 0.25) is 0 Å². The van der Waals surface area contributed by atoms with Gasteiger partial charge >= 0.3 is 0 Å². The topological polar surface area (TPSA) is 39.4 Å². The summed E-state index contributed by atoms with van der Waals surface area (Å²) in [6, 6.07) is 67.3. The first-order valence-electron chi connectivity index (χ1n) is 52.2. The van der Waals surface area contributed by atoms with E-state index in [9.17, 15) is 11.0 Å². The standard InChI is InChI=1S/3C38H24O/c1-3-13-25(14-4-1)27-21-11-23-33-37(27)38-32(22-12-24-34(38)39-33)36-30-19-9-7-17-28(30)35(26-15-5-2-6-16-26)29-18-8-10-20-31(29)36;1-3-12-25(13-4-1)27-22-23-32-35(24-27)39-34-21-11-20-33(38(32)34)37-30-18-9-7-16-28(30)36(26-14-5-2-6-15-26)29-17-8-10-19-31(29)37;1-3-12-25(13-4-1)27-22-23-34-33(24-27)38-32(20-11-21-35(38)39-34)37-30-18-9-7-16-28(30)36(26-14-5-2-6-15-26)29-17-8-10-19-31(29)37/h3*1-24H/i7D,8D,9D,10D,17D,18D,19D,20D;7D,8D,9D,10D,16D,17D,18D,19D;1D,3D,4D,7D,8D,9D,10D,12D,13D,16D,17D,18D,19D. The highest BCUT2D eigenvalue weighted by molar-refractivity contribution is 6.30. The van der Waals surface area contributed by atoms with Gasteiger partial charge in [0.1, 0.15) is 33.5 Å². The molecule has 0 aliphatic rings. The van der Waals surface area contributed by atoms with Gasteiger partial charge in [-0.2, -0.15) is 0 Å². The highest BCUT2D eigenvalue weighted by Gasteiger charge is 2.26. The molecule has 0 N–H and O–H groups in total. The average molecular weight is 1520 g/mol. The lowest BCUT2D eigenvalue weighted by Gasteiger charge is -2.18. The van der Waals surface area contributed by atoms with Crippen molar-refractivity contribution in [1.82, 2.24) is 0 Å². The van der Waals surface area contributed by atoms with Gasteiger partial charge in [-0.1, -0.05) is 388 Å². The van der Waals surface area contributed by atoms with Gasteiger partial charge in [0, 0.05) is 32.3 Å². The molecule has 24 aromatic rings. The second-order valence-electron chi connectivity index (χ2n) is 28.0. The maximum atomic E-state index is 9.27. The van der Waals surface area contributed by atoms with Gasteiger partial charge < -0.3 is 13.3 Å². The molecule has 0 bridgehead atoms. The van der Waals surface area contributed by atoms with E-state index in [1.165, 1.54) is 0 Å². The van der Waals surface area contributed by atoms with Crippen LogP contribution in [0.3, 0.4) is 0 Å². The van der Waals surface area contributed by atoms with Crippen molar-refractivity contribution in [2.75, 3.05) is 0 Å². The van der Waals surface area contributed by atoms with Crippen LogP contribution in [0.25, 0.3) is 231 Å². The lowest BCUT2D eigenvalue weighted by atomic mass is 9.84. The number of hydrogen-bond acceptors (Lipinski definition) is 3. The molecule has 0 radical (unpaired) electrons. The molecule has 0 saturated heterocycles. The van der Waals surface area contributed by atoms with E-state index in [1.807, 2.05) is 133 Å². The summed E-state index contributed by atoms with van der Waals surface area (Å²) in [5, 5.41) is 5.48. The third kappa shape index (κ3) is 11.7. The Balaban J connectivity index is 0.000000125. The molecule has 117 heavy (non-hydrogen) atoms. The molecule has 0 amide bonds. The summed E-state index contributed by atoms with van der Waals surface area (Å²) in [5.41, 5.74) is 11.8. The highest BCUT2D eigenvalue weighted by atomic mass is 16.3. The van der Waals surface area contributed by atoms with E-state index < -0.39 is 103 Å². The summed E-state index contributed by atoms with van der Waals surface area (Å²) >= 11 is 0. The Morgan fingerprint density at radius 1 is 0.145 bits per heavy atom. The fraction of sp³-hybridized carbons (Fsp3) is 0. The van der Waals surface area contributed by atoms with E-state index >= 15 is 0 Å². The zero-order valence-electron chi connectivity index (χ0n) is 90.6. The summed E-state index contributed by atoms with van der Waals surface area (Å²) in [5.74, 6) is 0. The molecule has 3 heterocycles. The normalized spacial score (nSPS) is 15.1. The van der Waals surface area contributed by atoms with Crippen molar-refractivity contribution in [3.63, 3.8) is 0 Å². The van der Waals surface area contributed by atoms with E-state index in [0.717, 1.165) is 33.0 Å². The quantitative estimate of drug-likeness (QED) is 0.135. The number of furan rings is 3. The molecule has 546 valence electrons. The van der Waals surface area contributed by atoms with Gasteiger partial charge in [-0.05, 0) is 213 Å². The van der Waals surface area contributed by atoms with Crippen LogP contribution in [-0.4, -0.2) is 0 Å². The van der Waals surface area contributed by atoms with E-state index in [2.05, 4.69) is 0 Å². The molecule has 0 fully saturated rings. The van der Waals surface area contributed by atoms with E-state index in [0.29, 0.717) is 116 Å². The predicted octanol–water partition coefficient (Wildman–Crippen LogP) is 32.7. The number of benzene rings is 21. The first-order chi connectivity index (χ1) is 70.1. The summed E-state index contributed by atoms with van der Waals surface area (Å²) in [6.45, 7) is 0. The van der Waals surface area contributed by atoms with Crippen LogP contribution in [0.4, 0.5) is 0 Å². The van der Waals surface area contributed by atoms with Crippen LogP contribution in [0.1, 0.15) is 39.8 Å². The molecule has 3 heteroatoms. The molecule has 0 spiro atoms. The van der Waals surface area contributed by atoms with Crippen LogP contribution in [-0.2, 0) is 0 Å². The first kappa shape index (κ1) is 44.7. The zero-order valence-corrected chi connectivity index (χ0v) is 61.6. The van der Waals surface area contributed by atoms with Gasteiger partial charge in [-0.15, -0.1) is 0 Å². The second kappa shape index (κ2) is 29.0. The zero-order chi connectivity index (χ0) is 103. The lowest BCUT2D eigenvalue weighted by molar-refractivity contribution is 0.668. The molecular weight excluding hydrogens is 1420 g/mol. The predicted molar refractivity (Wildman–Crippen MR) is 495 cm³/mol. The van der Waals surface area contributed by atoms with Crippen molar-refractivity contribution >= 4 is 130 Å².